The molecule has 0 aliphatic carbocycles. The third-order valence-electron chi connectivity index (χ3n) is 3.61. The average Bonchev–Trinajstić information content (AvgIpc) is 2.91. The lowest BCUT2D eigenvalue weighted by Gasteiger charge is -2.17. The van der Waals surface area contributed by atoms with Gasteiger partial charge in [-0.3, -0.25) is 4.79 Å². The molecule has 1 amide bonds. The summed E-state index contributed by atoms with van der Waals surface area (Å²) in [6.07, 6.45) is 1.39. The molecular formula is C17H15NO3S. The molecule has 1 aliphatic rings. The van der Waals surface area contributed by atoms with Crippen LogP contribution in [-0.2, 0) is 14.8 Å². The van der Waals surface area contributed by atoms with Gasteiger partial charge in [0.05, 0.1) is 11.4 Å². The van der Waals surface area contributed by atoms with Gasteiger partial charge in [0, 0.05) is 6.08 Å². The van der Waals surface area contributed by atoms with E-state index in [4.69, 9.17) is 0 Å². The number of rotatable bonds is 3. The first-order valence-electron chi connectivity index (χ1n) is 6.88. The minimum Gasteiger partial charge on any atom is -0.269 e. The second-order valence-corrected chi connectivity index (χ2v) is 7.06. The van der Waals surface area contributed by atoms with Crippen molar-refractivity contribution in [2.75, 3.05) is 6.54 Å². The van der Waals surface area contributed by atoms with Gasteiger partial charge in [0.1, 0.15) is 0 Å². The Morgan fingerprint density at radius 1 is 0.955 bits per heavy atom. The molecule has 0 spiro atoms. The molecule has 1 aliphatic heterocycles. The van der Waals surface area contributed by atoms with Crippen LogP contribution in [0.4, 0.5) is 0 Å². The van der Waals surface area contributed by atoms with Crippen molar-refractivity contribution >= 4 is 21.5 Å². The summed E-state index contributed by atoms with van der Waals surface area (Å²) in [5.74, 6) is -0.501. The summed E-state index contributed by atoms with van der Waals surface area (Å²) in [6.45, 7) is 1.95. The van der Waals surface area contributed by atoms with Gasteiger partial charge in [0.2, 0.25) is 0 Å². The van der Waals surface area contributed by atoms with Crippen molar-refractivity contribution in [3.63, 3.8) is 0 Å². The third kappa shape index (κ3) is 2.55. The van der Waals surface area contributed by atoms with Gasteiger partial charge in [-0.2, -0.15) is 0 Å². The van der Waals surface area contributed by atoms with E-state index < -0.39 is 15.9 Å². The molecule has 0 radical (unpaired) electrons. The van der Waals surface area contributed by atoms with Gasteiger partial charge in [0.25, 0.3) is 15.9 Å². The Kier molecular flexibility index (Phi) is 3.58. The number of nitrogens with zero attached hydrogens (tertiary/aromatic N) is 1. The standard InChI is InChI=1S/C17H15NO3S/c1-13-7-9-16(10-8-13)22(20,21)18-12-15(11-17(18)19)14-5-3-2-4-6-14/h2-11H,12H2,1H3. The van der Waals surface area contributed by atoms with Crippen LogP contribution < -0.4 is 0 Å². The molecule has 0 N–H and O–H groups in total. The first kappa shape index (κ1) is 14.5. The zero-order chi connectivity index (χ0) is 15.7. The molecule has 3 rings (SSSR count). The van der Waals surface area contributed by atoms with Crippen LogP contribution in [0, 0.1) is 6.92 Å². The summed E-state index contributed by atoms with van der Waals surface area (Å²) < 4.78 is 26.1. The van der Waals surface area contributed by atoms with E-state index in [9.17, 15) is 13.2 Å². The van der Waals surface area contributed by atoms with Gasteiger partial charge in [-0.25, -0.2) is 12.7 Å². The minimum absolute atomic E-state index is 0.0685. The Morgan fingerprint density at radius 2 is 1.59 bits per heavy atom. The van der Waals surface area contributed by atoms with Gasteiger partial charge in [-0.1, -0.05) is 48.0 Å². The summed E-state index contributed by atoms with van der Waals surface area (Å²) >= 11 is 0. The van der Waals surface area contributed by atoms with Crippen molar-refractivity contribution in [3.8, 4) is 0 Å². The zero-order valence-corrected chi connectivity index (χ0v) is 12.9. The van der Waals surface area contributed by atoms with E-state index in [0.29, 0.717) is 5.57 Å². The van der Waals surface area contributed by atoms with Crippen LogP contribution in [0.15, 0.2) is 65.6 Å². The van der Waals surface area contributed by atoms with Crippen LogP contribution in [0.3, 0.4) is 0 Å². The maximum atomic E-state index is 12.6. The Bertz CT molecular complexity index is 837. The molecule has 4 nitrogen and oxygen atoms in total. The molecule has 1 heterocycles. The van der Waals surface area contributed by atoms with Crippen molar-refractivity contribution in [1.82, 2.24) is 4.31 Å². The van der Waals surface area contributed by atoms with Crippen molar-refractivity contribution < 1.29 is 13.2 Å². The molecule has 2 aromatic rings. The number of aryl methyl sites for hydroxylation is 1. The Morgan fingerprint density at radius 3 is 2.23 bits per heavy atom. The van der Waals surface area contributed by atoms with E-state index in [-0.39, 0.29) is 11.4 Å². The quantitative estimate of drug-likeness (QED) is 0.875. The smallest absolute Gasteiger partial charge is 0.267 e. The first-order valence-corrected chi connectivity index (χ1v) is 8.32. The minimum atomic E-state index is -3.81. The number of hydrogen-bond donors (Lipinski definition) is 0. The van der Waals surface area contributed by atoms with Crippen LogP contribution in [0.1, 0.15) is 11.1 Å². The number of hydrogen-bond acceptors (Lipinski definition) is 3. The van der Waals surface area contributed by atoms with E-state index in [2.05, 4.69) is 0 Å². The lowest BCUT2D eigenvalue weighted by atomic mass is 10.1. The van der Waals surface area contributed by atoms with Gasteiger partial charge in [-0.15, -0.1) is 0 Å². The number of carbonyl (C=O) groups is 1. The highest BCUT2D eigenvalue weighted by molar-refractivity contribution is 7.89. The topological polar surface area (TPSA) is 54.5 Å². The summed E-state index contributed by atoms with van der Waals surface area (Å²) in [6, 6.07) is 15.8. The highest BCUT2D eigenvalue weighted by Crippen LogP contribution is 2.27. The predicted octanol–water partition coefficient (Wildman–Crippen LogP) is 2.61. The average molecular weight is 313 g/mol. The molecule has 0 saturated heterocycles. The van der Waals surface area contributed by atoms with Crippen LogP contribution >= 0.6 is 0 Å². The highest BCUT2D eigenvalue weighted by Gasteiger charge is 2.33. The van der Waals surface area contributed by atoms with Crippen molar-refractivity contribution in [2.24, 2.45) is 0 Å². The van der Waals surface area contributed by atoms with Crippen molar-refractivity contribution in [3.05, 3.63) is 71.8 Å². The largest absolute Gasteiger partial charge is 0.269 e. The molecule has 2 aromatic carbocycles. The monoisotopic (exact) mass is 313 g/mol. The van der Waals surface area contributed by atoms with Gasteiger partial charge < -0.3 is 0 Å². The predicted molar refractivity (Wildman–Crippen MR) is 84.5 cm³/mol. The molecule has 0 fully saturated rings. The molecule has 112 valence electrons. The summed E-state index contributed by atoms with van der Waals surface area (Å²) in [4.78, 5) is 12.2. The maximum absolute atomic E-state index is 12.6. The summed E-state index contributed by atoms with van der Waals surface area (Å²) in [7, 11) is -3.81. The van der Waals surface area contributed by atoms with Crippen molar-refractivity contribution in [2.45, 2.75) is 11.8 Å². The van der Waals surface area contributed by atoms with Crippen LogP contribution in [-0.4, -0.2) is 25.2 Å². The molecule has 0 atom stereocenters. The molecule has 5 heteroatoms. The normalized spacial score (nSPS) is 15.0. The molecular weight excluding hydrogens is 298 g/mol. The number of amides is 1. The lowest BCUT2D eigenvalue weighted by Crippen LogP contribution is -2.32. The van der Waals surface area contributed by atoms with E-state index in [0.717, 1.165) is 15.4 Å². The number of sulfonamides is 1. The lowest BCUT2D eigenvalue weighted by molar-refractivity contribution is -0.120. The zero-order valence-electron chi connectivity index (χ0n) is 12.1. The Hall–Kier alpha value is -2.40. The maximum Gasteiger partial charge on any atom is 0.267 e. The van der Waals surface area contributed by atoms with Gasteiger partial charge in [-0.05, 0) is 30.2 Å². The Balaban J connectivity index is 1.91. The number of benzene rings is 2. The fourth-order valence-electron chi connectivity index (χ4n) is 2.37. The van der Waals surface area contributed by atoms with E-state index in [1.807, 2.05) is 37.3 Å². The fraction of sp³-hybridized carbons (Fsp3) is 0.118. The third-order valence-corrected chi connectivity index (χ3v) is 5.37. The second kappa shape index (κ2) is 5.42. The van der Waals surface area contributed by atoms with E-state index in [1.165, 1.54) is 18.2 Å². The first-order chi connectivity index (χ1) is 10.5. The second-order valence-electron chi connectivity index (χ2n) is 5.20. The molecule has 0 bridgehead atoms. The van der Waals surface area contributed by atoms with Gasteiger partial charge >= 0.3 is 0 Å². The van der Waals surface area contributed by atoms with Crippen LogP contribution in [0.5, 0.6) is 0 Å². The van der Waals surface area contributed by atoms with E-state index >= 15 is 0 Å². The van der Waals surface area contributed by atoms with Crippen LogP contribution in [0.25, 0.3) is 5.57 Å². The fourth-order valence-corrected chi connectivity index (χ4v) is 3.70. The van der Waals surface area contributed by atoms with Crippen LogP contribution in [0.2, 0.25) is 0 Å². The molecule has 0 aromatic heterocycles. The highest BCUT2D eigenvalue weighted by atomic mass is 32.2. The number of carbonyl (C=O) groups excluding carboxylic acids is 1. The summed E-state index contributed by atoms with van der Waals surface area (Å²) in [5.41, 5.74) is 2.54. The van der Waals surface area contributed by atoms with Crippen molar-refractivity contribution in [1.29, 1.82) is 0 Å². The Labute approximate surface area is 129 Å². The molecule has 22 heavy (non-hydrogen) atoms. The van der Waals surface area contributed by atoms with Gasteiger partial charge in [0.15, 0.2) is 0 Å². The molecule has 0 unspecified atom stereocenters. The molecule has 0 saturated carbocycles. The summed E-state index contributed by atoms with van der Waals surface area (Å²) in [5, 5.41) is 0. The van der Waals surface area contributed by atoms with E-state index in [1.54, 1.807) is 12.1 Å². The SMILES string of the molecule is Cc1ccc(S(=O)(=O)N2CC(c3ccccc3)=CC2=O)cc1.